The van der Waals surface area contributed by atoms with Gasteiger partial charge < -0.3 is 5.32 Å². The van der Waals surface area contributed by atoms with E-state index in [4.69, 9.17) is 0 Å². The molecule has 94 valence electrons. The van der Waals surface area contributed by atoms with Gasteiger partial charge in [-0.2, -0.15) is 0 Å². The SMILES string of the molecule is CCC1(C)CNC(C)CN1Cc1cccnc1. The molecule has 0 spiro atoms. The molecule has 2 unspecified atom stereocenters. The number of aromatic nitrogens is 1. The average molecular weight is 233 g/mol. The summed E-state index contributed by atoms with van der Waals surface area (Å²) >= 11 is 0. The van der Waals surface area contributed by atoms with Gasteiger partial charge in [-0.15, -0.1) is 0 Å². The largest absolute Gasteiger partial charge is 0.311 e. The molecule has 2 heterocycles. The maximum atomic E-state index is 4.20. The minimum atomic E-state index is 0.266. The van der Waals surface area contributed by atoms with Crippen molar-refractivity contribution in [1.82, 2.24) is 15.2 Å². The van der Waals surface area contributed by atoms with Crippen LogP contribution < -0.4 is 5.32 Å². The summed E-state index contributed by atoms with van der Waals surface area (Å²) in [5.41, 5.74) is 1.57. The molecule has 0 aromatic carbocycles. The highest BCUT2D eigenvalue weighted by molar-refractivity contribution is 5.10. The molecule has 0 radical (unpaired) electrons. The first kappa shape index (κ1) is 12.5. The van der Waals surface area contributed by atoms with E-state index in [1.807, 2.05) is 18.5 Å². The molecule has 0 aliphatic carbocycles. The van der Waals surface area contributed by atoms with Gasteiger partial charge in [0.25, 0.3) is 0 Å². The molecule has 1 saturated heterocycles. The fraction of sp³-hybridized carbons (Fsp3) is 0.643. The Kier molecular flexibility index (Phi) is 3.79. The highest BCUT2D eigenvalue weighted by Crippen LogP contribution is 2.24. The van der Waals surface area contributed by atoms with Crippen molar-refractivity contribution < 1.29 is 0 Å². The van der Waals surface area contributed by atoms with Crippen LogP contribution in [-0.2, 0) is 6.54 Å². The van der Waals surface area contributed by atoms with Gasteiger partial charge in [0, 0.05) is 43.6 Å². The molecule has 1 aromatic rings. The lowest BCUT2D eigenvalue weighted by molar-refractivity contribution is 0.0452. The second-order valence-electron chi connectivity index (χ2n) is 5.37. The molecule has 0 saturated carbocycles. The fourth-order valence-electron chi connectivity index (χ4n) is 2.44. The third kappa shape index (κ3) is 2.85. The van der Waals surface area contributed by atoms with Gasteiger partial charge in [-0.25, -0.2) is 0 Å². The van der Waals surface area contributed by atoms with Gasteiger partial charge in [0.2, 0.25) is 0 Å². The Bertz CT molecular complexity index is 352. The average Bonchev–Trinajstić information content (AvgIpc) is 2.35. The van der Waals surface area contributed by atoms with Crippen LogP contribution in [-0.4, -0.2) is 34.6 Å². The van der Waals surface area contributed by atoms with Crippen molar-refractivity contribution in [1.29, 1.82) is 0 Å². The zero-order valence-electron chi connectivity index (χ0n) is 11.1. The Balaban J connectivity index is 2.11. The molecule has 3 nitrogen and oxygen atoms in total. The third-order valence-corrected chi connectivity index (χ3v) is 3.95. The van der Waals surface area contributed by atoms with Gasteiger partial charge in [0.1, 0.15) is 0 Å². The van der Waals surface area contributed by atoms with E-state index in [2.05, 4.69) is 42.0 Å². The van der Waals surface area contributed by atoms with Crippen molar-refractivity contribution in [3.8, 4) is 0 Å². The molecule has 2 rings (SSSR count). The number of hydrogen-bond donors (Lipinski definition) is 1. The zero-order valence-corrected chi connectivity index (χ0v) is 11.1. The lowest BCUT2D eigenvalue weighted by Gasteiger charge is -2.47. The van der Waals surface area contributed by atoms with Crippen LogP contribution >= 0.6 is 0 Å². The molecule has 17 heavy (non-hydrogen) atoms. The zero-order chi connectivity index (χ0) is 12.3. The molecule has 3 heteroatoms. The quantitative estimate of drug-likeness (QED) is 0.866. The number of hydrogen-bond acceptors (Lipinski definition) is 3. The molecule has 1 aliphatic heterocycles. The van der Waals surface area contributed by atoms with E-state index < -0.39 is 0 Å². The number of nitrogens with zero attached hydrogens (tertiary/aromatic N) is 2. The van der Waals surface area contributed by atoms with E-state index in [0.717, 1.165) is 19.6 Å². The summed E-state index contributed by atoms with van der Waals surface area (Å²) in [4.78, 5) is 6.79. The van der Waals surface area contributed by atoms with Crippen LogP contribution in [0.5, 0.6) is 0 Å². The van der Waals surface area contributed by atoms with Crippen LogP contribution in [0.15, 0.2) is 24.5 Å². The topological polar surface area (TPSA) is 28.2 Å². The minimum Gasteiger partial charge on any atom is -0.311 e. The third-order valence-electron chi connectivity index (χ3n) is 3.95. The number of piperazine rings is 1. The van der Waals surface area contributed by atoms with Crippen LogP contribution in [0.4, 0.5) is 0 Å². The first-order chi connectivity index (χ1) is 8.14. The predicted molar refractivity (Wildman–Crippen MR) is 70.8 cm³/mol. The Morgan fingerprint density at radius 1 is 1.59 bits per heavy atom. The van der Waals surface area contributed by atoms with Crippen molar-refractivity contribution in [3.63, 3.8) is 0 Å². The molecule has 2 atom stereocenters. The summed E-state index contributed by atoms with van der Waals surface area (Å²) in [7, 11) is 0. The number of nitrogens with one attached hydrogen (secondary N) is 1. The normalized spacial score (nSPS) is 30.4. The van der Waals surface area contributed by atoms with Crippen molar-refractivity contribution in [2.24, 2.45) is 0 Å². The smallest absolute Gasteiger partial charge is 0.0312 e. The molecule has 1 aliphatic rings. The summed E-state index contributed by atoms with van der Waals surface area (Å²) < 4.78 is 0. The lowest BCUT2D eigenvalue weighted by Crippen LogP contribution is -2.61. The Labute approximate surface area is 104 Å². The van der Waals surface area contributed by atoms with Crippen molar-refractivity contribution >= 4 is 0 Å². The second kappa shape index (κ2) is 5.15. The summed E-state index contributed by atoms with van der Waals surface area (Å²) in [6.45, 7) is 10.1. The minimum absolute atomic E-state index is 0.266. The molecule has 1 aromatic heterocycles. The van der Waals surface area contributed by atoms with Crippen LogP contribution in [0.1, 0.15) is 32.8 Å². The van der Waals surface area contributed by atoms with Gasteiger partial charge in [-0.05, 0) is 31.9 Å². The van der Waals surface area contributed by atoms with Gasteiger partial charge in [-0.3, -0.25) is 9.88 Å². The van der Waals surface area contributed by atoms with Crippen LogP contribution in [0.3, 0.4) is 0 Å². The lowest BCUT2D eigenvalue weighted by atomic mass is 9.92. The van der Waals surface area contributed by atoms with Crippen molar-refractivity contribution in [3.05, 3.63) is 30.1 Å². The summed E-state index contributed by atoms with van der Waals surface area (Å²) in [5, 5.41) is 3.58. The molecule has 0 bridgehead atoms. The van der Waals surface area contributed by atoms with E-state index in [1.54, 1.807) is 0 Å². The molecule has 1 fully saturated rings. The Hall–Kier alpha value is -0.930. The highest BCUT2D eigenvalue weighted by Gasteiger charge is 2.34. The summed E-state index contributed by atoms with van der Waals surface area (Å²) in [6, 6.07) is 4.76. The van der Waals surface area contributed by atoms with E-state index in [-0.39, 0.29) is 5.54 Å². The van der Waals surface area contributed by atoms with E-state index in [9.17, 15) is 0 Å². The Morgan fingerprint density at radius 2 is 2.41 bits per heavy atom. The number of pyridine rings is 1. The summed E-state index contributed by atoms with van der Waals surface area (Å²) in [5.74, 6) is 0. The molecule has 0 amide bonds. The first-order valence-electron chi connectivity index (χ1n) is 6.51. The van der Waals surface area contributed by atoms with Crippen molar-refractivity contribution in [2.75, 3.05) is 13.1 Å². The molecular weight excluding hydrogens is 210 g/mol. The van der Waals surface area contributed by atoms with E-state index in [1.165, 1.54) is 12.0 Å². The predicted octanol–water partition coefficient (Wildman–Crippen LogP) is 2.04. The van der Waals surface area contributed by atoms with Crippen LogP contribution in [0.25, 0.3) is 0 Å². The van der Waals surface area contributed by atoms with E-state index in [0.29, 0.717) is 6.04 Å². The number of rotatable bonds is 3. The Morgan fingerprint density at radius 3 is 3.06 bits per heavy atom. The molecule has 1 N–H and O–H groups in total. The van der Waals surface area contributed by atoms with Crippen LogP contribution in [0, 0.1) is 0 Å². The van der Waals surface area contributed by atoms with Gasteiger partial charge in [-0.1, -0.05) is 13.0 Å². The maximum absolute atomic E-state index is 4.20. The standard InChI is InChI=1S/C14H23N3/c1-4-14(3)11-16-12(2)9-17(14)10-13-6-5-7-15-8-13/h5-8,12,16H,4,9-11H2,1-3H3. The van der Waals surface area contributed by atoms with Gasteiger partial charge >= 0.3 is 0 Å². The molecular formula is C14H23N3. The van der Waals surface area contributed by atoms with Crippen LogP contribution in [0.2, 0.25) is 0 Å². The van der Waals surface area contributed by atoms with Gasteiger partial charge in [0.05, 0.1) is 0 Å². The monoisotopic (exact) mass is 233 g/mol. The fourth-order valence-corrected chi connectivity index (χ4v) is 2.44. The summed E-state index contributed by atoms with van der Waals surface area (Å²) in [6.07, 6.45) is 4.98. The maximum Gasteiger partial charge on any atom is 0.0312 e. The van der Waals surface area contributed by atoms with Crippen molar-refractivity contribution in [2.45, 2.75) is 45.3 Å². The first-order valence-corrected chi connectivity index (χ1v) is 6.51. The second-order valence-corrected chi connectivity index (χ2v) is 5.37. The van der Waals surface area contributed by atoms with Gasteiger partial charge in [0.15, 0.2) is 0 Å². The van der Waals surface area contributed by atoms with E-state index >= 15 is 0 Å². The highest BCUT2D eigenvalue weighted by atomic mass is 15.3.